The highest BCUT2D eigenvalue weighted by molar-refractivity contribution is 8.00. The number of nitrogens with zero attached hydrogens (tertiary/aromatic N) is 2. The molecule has 0 unspecified atom stereocenters. The fraction of sp³-hybridized carbons (Fsp3) is 0.474. The maximum atomic E-state index is 12.8. The van der Waals surface area contributed by atoms with Gasteiger partial charge < -0.3 is 19.5 Å². The third kappa shape index (κ3) is 4.22. The third-order valence-electron chi connectivity index (χ3n) is 4.47. The van der Waals surface area contributed by atoms with Gasteiger partial charge in [0.05, 0.1) is 18.0 Å². The molecule has 2 amide bonds. The number of para-hydroxylation sites is 1. The van der Waals surface area contributed by atoms with Crippen LogP contribution < -0.4 is 5.32 Å². The molecule has 2 aromatic rings. The number of carbonyl (C=O) groups is 2. The number of rotatable bonds is 5. The topological polar surface area (TPSA) is 63.6 Å². The molecule has 2 heterocycles. The van der Waals surface area contributed by atoms with Crippen LogP contribution in [0.4, 0.5) is 0 Å². The monoisotopic (exact) mass is 375 g/mol. The van der Waals surface area contributed by atoms with Gasteiger partial charge in [0, 0.05) is 42.1 Å². The Balaban J connectivity index is 1.79. The summed E-state index contributed by atoms with van der Waals surface area (Å²) in [7, 11) is 1.63. The Hall–Kier alpha value is -1.99. The van der Waals surface area contributed by atoms with Gasteiger partial charge >= 0.3 is 0 Å². The zero-order valence-corrected chi connectivity index (χ0v) is 16.2. The van der Waals surface area contributed by atoms with E-state index in [0.29, 0.717) is 25.4 Å². The highest BCUT2D eigenvalue weighted by Gasteiger charge is 2.26. The number of aromatic nitrogens is 1. The molecule has 1 aromatic carbocycles. The normalized spacial score (nSPS) is 20.3. The summed E-state index contributed by atoms with van der Waals surface area (Å²) in [6, 6.07) is 7.98. The van der Waals surface area contributed by atoms with E-state index in [1.165, 1.54) is 11.8 Å². The van der Waals surface area contributed by atoms with Gasteiger partial charge in [0.1, 0.15) is 6.54 Å². The van der Waals surface area contributed by atoms with Crippen LogP contribution in [0.3, 0.4) is 0 Å². The Morgan fingerprint density at radius 1 is 1.23 bits per heavy atom. The minimum absolute atomic E-state index is 0.0146. The van der Waals surface area contributed by atoms with Crippen molar-refractivity contribution in [3.05, 3.63) is 30.5 Å². The van der Waals surface area contributed by atoms with Gasteiger partial charge in [0.2, 0.25) is 11.8 Å². The number of benzene rings is 1. The minimum atomic E-state index is -0.0146. The first-order valence-electron chi connectivity index (χ1n) is 8.82. The number of thioether (sulfide) groups is 1. The van der Waals surface area contributed by atoms with E-state index in [0.717, 1.165) is 15.8 Å². The van der Waals surface area contributed by atoms with Crippen molar-refractivity contribution >= 4 is 34.5 Å². The van der Waals surface area contributed by atoms with E-state index in [1.807, 2.05) is 53.8 Å². The Morgan fingerprint density at radius 2 is 1.92 bits per heavy atom. The molecule has 6 nitrogen and oxygen atoms in total. The first-order valence-corrected chi connectivity index (χ1v) is 9.81. The number of hydrogen-bond acceptors (Lipinski definition) is 4. The molecule has 2 atom stereocenters. The van der Waals surface area contributed by atoms with Crippen LogP contribution in [-0.2, 0) is 20.9 Å². The summed E-state index contributed by atoms with van der Waals surface area (Å²) in [5.74, 6) is 0.437. The van der Waals surface area contributed by atoms with Crippen molar-refractivity contribution in [3.8, 4) is 0 Å². The van der Waals surface area contributed by atoms with Crippen LogP contribution in [0.5, 0.6) is 0 Å². The molecule has 140 valence electrons. The molecule has 0 bridgehead atoms. The van der Waals surface area contributed by atoms with E-state index < -0.39 is 0 Å². The summed E-state index contributed by atoms with van der Waals surface area (Å²) in [6.45, 7) is 5.53. The van der Waals surface area contributed by atoms with Crippen molar-refractivity contribution < 1.29 is 14.3 Å². The SMILES string of the molecule is CNC(=O)CSc1cn(CC(=O)N2C[C@H](C)O[C@@H](C)C2)c2ccccc12. The summed E-state index contributed by atoms with van der Waals surface area (Å²) >= 11 is 1.49. The van der Waals surface area contributed by atoms with E-state index in [9.17, 15) is 9.59 Å². The standard InChI is InChI=1S/C19H25N3O3S/c1-13-8-22(9-14(2)25-13)19(24)11-21-10-17(26-12-18(23)20-3)15-6-4-5-7-16(15)21/h4-7,10,13-14H,8-9,11-12H2,1-3H3,(H,20,23)/t13-,14-/m0/s1. The molecule has 0 spiro atoms. The smallest absolute Gasteiger partial charge is 0.242 e. The lowest BCUT2D eigenvalue weighted by molar-refractivity contribution is -0.143. The summed E-state index contributed by atoms with van der Waals surface area (Å²) in [6.07, 6.45) is 2.09. The molecule has 1 aromatic heterocycles. The van der Waals surface area contributed by atoms with E-state index in [1.54, 1.807) is 7.05 Å². The molecule has 1 fully saturated rings. The van der Waals surface area contributed by atoms with E-state index in [4.69, 9.17) is 4.74 Å². The summed E-state index contributed by atoms with van der Waals surface area (Å²) < 4.78 is 7.69. The second-order valence-corrected chi connectivity index (χ2v) is 7.67. The molecule has 0 saturated carbocycles. The van der Waals surface area contributed by atoms with Gasteiger partial charge in [-0.05, 0) is 19.9 Å². The molecule has 0 aliphatic carbocycles. The molecular formula is C19H25N3O3S. The molecule has 1 aliphatic rings. The number of carbonyl (C=O) groups excluding carboxylic acids is 2. The summed E-state index contributed by atoms with van der Waals surface area (Å²) in [5, 5.41) is 3.70. The van der Waals surface area contributed by atoms with Crippen LogP contribution >= 0.6 is 11.8 Å². The van der Waals surface area contributed by atoms with Crippen molar-refractivity contribution in [2.24, 2.45) is 0 Å². The number of nitrogens with one attached hydrogen (secondary N) is 1. The van der Waals surface area contributed by atoms with Gasteiger partial charge in [-0.3, -0.25) is 9.59 Å². The van der Waals surface area contributed by atoms with Crippen molar-refractivity contribution in [2.75, 3.05) is 25.9 Å². The molecule has 1 aliphatic heterocycles. The number of fused-ring (bicyclic) bond motifs is 1. The van der Waals surface area contributed by atoms with Crippen molar-refractivity contribution in [2.45, 2.75) is 37.5 Å². The lowest BCUT2D eigenvalue weighted by Gasteiger charge is -2.35. The van der Waals surface area contributed by atoms with Crippen LogP contribution in [-0.4, -0.2) is 59.4 Å². The van der Waals surface area contributed by atoms with Gasteiger partial charge in [0.25, 0.3) is 0 Å². The highest BCUT2D eigenvalue weighted by atomic mass is 32.2. The Bertz CT molecular complexity index is 794. The molecule has 26 heavy (non-hydrogen) atoms. The maximum absolute atomic E-state index is 12.8. The number of amides is 2. The van der Waals surface area contributed by atoms with Gasteiger partial charge in [-0.1, -0.05) is 18.2 Å². The zero-order valence-electron chi connectivity index (χ0n) is 15.4. The number of morpholine rings is 1. The van der Waals surface area contributed by atoms with Crippen LogP contribution in [0.2, 0.25) is 0 Å². The number of ether oxygens (including phenoxy) is 1. The molecule has 1 saturated heterocycles. The van der Waals surface area contributed by atoms with Crippen LogP contribution in [0, 0.1) is 0 Å². The molecule has 7 heteroatoms. The molecule has 1 N–H and O–H groups in total. The Kier molecular flexibility index (Phi) is 5.88. The first-order chi connectivity index (χ1) is 12.5. The number of hydrogen-bond donors (Lipinski definition) is 1. The van der Waals surface area contributed by atoms with E-state index in [2.05, 4.69) is 5.32 Å². The van der Waals surface area contributed by atoms with Crippen molar-refractivity contribution in [3.63, 3.8) is 0 Å². The lowest BCUT2D eigenvalue weighted by Crippen LogP contribution is -2.49. The van der Waals surface area contributed by atoms with Crippen molar-refractivity contribution in [1.82, 2.24) is 14.8 Å². The average molecular weight is 375 g/mol. The summed E-state index contributed by atoms with van der Waals surface area (Å²) in [4.78, 5) is 27.3. The van der Waals surface area contributed by atoms with Crippen molar-refractivity contribution in [1.29, 1.82) is 0 Å². The van der Waals surface area contributed by atoms with Gasteiger partial charge in [-0.15, -0.1) is 11.8 Å². The second kappa shape index (κ2) is 8.14. The van der Waals surface area contributed by atoms with Crippen LogP contribution in [0.1, 0.15) is 13.8 Å². The van der Waals surface area contributed by atoms with Gasteiger partial charge in [-0.2, -0.15) is 0 Å². The fourth-order valence-corrected chi connectivity index (χ4v) is 4.26. The Morgan fingerprint density at radius 3 is 2.62 bits per heavy atom. The first kappa shape index (κ1) is 18.8. The molecule has 3 rings (SSSR count). The predicted octanol–water partition coefficient (Wildman–Crippen LogP) is 2.12. The van der Waals surface area contributed by atoms with Gasteiger partial charge in [-0.25, -0.2) is 0 Å². The molecule has 0 radical (unpaired) electrons. The zero-order chi connectivity index (χ0) is 18.7. The fourth-order valence-electron chi connectivity index (χ4n) is 3.30. The van der Waals surface area contributed by atoms with E-state index in [-0.39, 0.29) is 24.0 Å². The average Bonchev–Trinajstić information content (AvgIpc) is 2.96. The second-order valence-electron chi connectivity index (χ2n) is 6.66. The lowest BCUT2D eigenvalue weighted by atomic mass is 10.2. The third-order valence-corrected chi connectivity index (χ3v) is 5.51. The Labute approximate surface area is 157 Å². The minimum Gasteiger partial charge on any atom is -0.372 e. The van der Waals surface area contributed by atoms with Crippen LogP contribution in [0.25, 0.3) is 10.9 Å². The predicted molar refractivity (Wildman–Crippen MR) is 103 cm³/mol. The molecular weight excluding hydrogens is 350 g/mol. The quantitative estimate of drug-likeness (QED) is 0.813. The summed E-state index contributed by atoms with van der Waals surface area (Å²) in [5.41, 5.74) is 1.01. The van der Waals surface area contributed by atoms with Gasteiger partial charge in [0.15, 0.2) is 0 Å². The van der Waals surface area contributed by atoms with E-state index >= 15 is 0 Å². The largest absolute Gasteiger partial charge is 0.372 e. The highest BCUT2D eigenvalue weighted by Crippen LogP contribution is 2.30. The van der Waals surface area contributed by atoms with Crippen LogP contribution in [0.15, 0.2) is 35.4 Å². The maximum Gasteiger partial charge on any atom is 0.242 e.